The molecule has 4 heterocycles. The van der Waals surface area contributed by atoms with E-state index in [-0.39, 0.29) is 0 Å². The van der Waals surface area contributed by atoms with Crippen LogP contribution >= 0.6 is 0 Å². The summed E-state index contributed by atoms with van der Waals surface area (Å²) in [5.74, 6) is 1.66. The number of carbonyl (C=O) groups is 1. The smallest absolute Gasteiger partial charge is 0.185 e. The van der Waals surface area contributed by atoms with E-state index in [4.69, 9.17) is 4.42 Å². The van der Waals surface area contributed by atoms with Crippen molar-refractivity contribution in [2.75, 3.05) is 19.6 Å². The molecule has 16 heavy (non-hydrogen) atoms. The second-order valence-electron chi connectivity index (χ2n) is 4.69. The molecule has 0 aromatic carbocycles. The standard InChI is InChI=1S/C12H16N2O2/c15-7-11-5-10(8-16-11)12-6-13-14-3-1-9(12)2-4-14/h5,7-9,12-13H,1-4,6H2. The molecule has 4 rings (SSSR count). The van der Waals surface area contributed by atoms with Gasteiger partial charge in [0.15, 0.2) is 12.0 Å². The molecule has 1 N–H and O–H groups in total. The van der Waals surface area contributed by atoms with Crippen LogP contribution in [0.2, 0.25) is 0 Å². The molecule has 0 amide bonds. The summed E-state index contributed by atoms with van der Waals surface area (Å²) in [5, 5.41) is 2.30. The normalized spacial score (nSPS) is 33.6. The van der Waals surface area contributed by atoms with Crippen molar-refractivity contribution >= 4 is 6.29 Å². The molecule has 1 aromatic rings. The molecule has 3 fully saturated rings. The van der Waals surface area contributed by atoms with Crippen molar-refractivity contribution in [1.29, 1.82) is 0 Å². The van der Waals surface area contributed by atoms with E-state index in [2.05, 4.69) is 10.4 Å². The Morgan fingerprint density at radius 1 is 1.44 bits per heavy atom. The molecule has 4 heteroatoms. The maximum absolute atomic E-state index is 10.6. The monoisotopic (exact) mass is 220 g/mol. The number of piperidine rings is 1. The third-order valence-electron chi connectivity index (χ3n) is 3.83. The highest BCUT2D eigenvalue weighted by molar-refractivity contribution is 5.70. The molecule has 0 saturated carbocycles. The highest BCUT2D eigenvalue weighted by atomic mass is 16.3. The number of hydrazine groups is 1. The van der Waals surface area contributed by atoms with Gasteiger partial charge < -0.3 is 4.42 Å². The van der Waals surface area contributed by atoms with Gasteiger partial charge in [-0.1, -0.05) is 0 Å². The molecule has 1 unspecified atom stereocenters. The fraction of sp³-hybridized carbons (Fsp3) is 0.583. The van der Waals surface area contributed by atoms with Crippen molar-refractivity contribution < 1.29 is 9.21 Å². The number of hydrogen-bond donors (Lipinski definition) is 1. The first-order chi connectivity index (χ1) is 7.86. The summed E-state index contributed by atoms with van der Waals surface area (Å²) in [6.45, 7) is 3.24. The van der Waals surface area contributed by atoms with E-state index < -0.39 is 0 Å². The number of nitrogens with one attached hydrogen (secondary N) is 1. The Bertz CT molecular complexity index is 380. The summed E-state index contributed by atoms with van der Waals surface area (Å²) in [6, 6.07) is 1.88. The third-order valence-corrected chi connectivity index (χ3v) is 3.83. The lowest BCUT2D eigenvalue weighted by atomic mass is 9.82. The Labute approximate surface area is 94.6 Å². The van der Waals surface area contributed by atoms with Gasteiger partial charge in [0, 0.05) is 25.6 Å². The van der Waals surface area contributed by atoms with Crippen molar-refractivity contribution in [3.05, 3.63) is 23.7 Å². The van der Waals surface area contributed by atoms with Crippen LogP contribution in [-0.4, -0.2) is 30.9 Å². The van der Waals surface area contributed by atoms with Crippen LogP contribution in [0.5, 0.6) is 0 Å². The number of furan rings is 1. The second kappa shape index (κ2) is 4.03. The summed E-state index contributed by atoms with van der Waals surface area (Å²) in [6.07, 6.45) is 4.98. The molecule has 1 atom stereocenters. The summed E-state index contributed by atoms with van der Waals surface area (Å²) in [4.78, 5) is 10.6. The van der Waals surface area contributed by atoms with Gasteiger partial charge in [-0.25, -0.2) is 5.01 Å². The molecule has 4 nitrogen and oxygen atoms in total. The first-order valence-corrected chi connectivity index (χ1v) is 5.89. The van der Waals surface area contributed by atoms with Crippen LogP contribution in [0.3, 0.4) is 0 Å². The Hall–Kier alpha value is -1.13. The van der Waals surface area contributed by atoms with Crippen LogP contribution in [0.1, 0.15) is 34.9 Å². The lowest BCUT2D eigenvalue weighted by molar-refractivity contribution is 0.110. The fourth-order valence-corrected chi connectivity index (χ4v) is 2.87. The molecule has 0 radical (unpaired) electrons. The van der Waals surface area contributed by atoms with Gasteiger partial charge in [-0.05, 0) is 30.4 Å². The van der Waals surface area contributed by atoms with Crippen LogP contribution in [0.25, 0.3) is 0 Å². The van der Waals surface area contributed by atoms with Crippen molar-refractivity contribution in [3.63, 3.8) is 0 Å². The summed E-state index contributed by atoms with van der Waals surface area (Å²) >= 11 is 0. The average Bonchev–Trinajstić information content (AvgIpc) is 2.61. The molecule has 3 aliphatic rings. The Kier molecular flexibility index (Phi) is 2.53. The average molecular weight is 220 g/mol. The molecule has 0 spiro atoms. The van der Waals surface area contributed by atoms with Crippen molar-refractivity contribution in [3.8, 4) is 0 Å². The second-order valence-corrected chi connectivity index (χ2v) is 4.69. The molecular weight excluding hydrogens is 204 g/mol. The molecule has 3 aliphatic heterocycles. The number of nitrogens with zero attached hydrogens (tertiary/aromatic N) is 1. The van der Waals surface area contributed by atoms with E-state index in [0.717, 1.165) is 31.8 Å². The van der Waals surface area contributed by atoms with E-state index in [1.807, 2.05) is 6.07 Å². The zero-order valence-electron chi connectivity index (χ0n) is 9.19. The largest absolute Gasteiger partial charge is 0.461 e. The SMILES string of the molecule is O=Cc1cc(C2CNN3CCC2CC3)co1. The van der Waals surface area contributed by atoms with Gasteiger partial charge in [0.2, 0.25) is 0 Å². The quantitative estimate of drug-likeness (QED) is 0.765. The maximum Gasteiger partial charge on any atom is 0.185 e. The van der Waals surface area contributed by atoms with Crippen LogP contribution < -0.4 is 5.43 Å². The number of hydrogen-bond acceptors (Lipinski definition) is 4. The molecular formula is C12H16N2O2. The predicted molar refractivity (Wildman–Crippen MR) is 59.1 cm³/mol. The Morgan fingerprint density at radius 3 is 2.94 bits per heavy atom. The zero-order chi connectivity index (χ0) is 11.0. The Balaban J connectivity index is 1.85. The topological polar surface area (TPSA) is 45.5 Å². The highest BCUT2D eigenvalue weighted by Crippen LogP contribution is 2.35. The van der Waals surface area contributed by atoms with Gasteiger partial charge in [-0.3, -0.25) is 10.2 Å². The summed E-state index contributed by atoms with van der Waals surface area (Å²) in [7, 11) is 0. The highest BCUT2D eigenvalue weighted by Gasteiger charge is 2.32. The van der Waals surface area contributed by atoms with Crippen LogP contribution in [0, 0.1) is 5.92 Å². The zero-order valence-corrected chi connectivity index (χ0v) is 9.19. The summed E-state index contributed by atoms with van der Waals surface area (Å²) in [5.41, 5.74) is 4.62. The van der Waals surface area contributed by atoms with Gasteiger partial charge in [-0.15, -0.1) is 0 Å². The first kappa shape index (κ1) is 10.1. The van der Waals surface area contributed by atoms with E-state index in [0.29, 0.717) is 11.7 Å². The van der Waals surface area contributed by atoms with Crippen LogP contribution in [-0.2, 0) is 0 Å². The minimum Gasteiger partial charge on any atom is -0.461 e. The molecule has 2 bridgehead atoms. The van der Waals surface area contributed by atoms with Gasteiger partial charge in [-0.2, -0.15) is 0 Å². The minimum absolute atomic E-state index is 0.439. The van der Waals surface area contributed by atoms with Crippen molar-refractivity contribution in [1.82, 2.24) is 10.4 Å². The number of carbonyl (C=O) groups excluding carboxylic acids is 1. The third kappa shape index (κ3) is 1.68. The van der Waals surface area contributed by atoms with Crippen molar-refractivity contribution in [2.24, 2.45) is 5.92 Å². The number of fused-ring (bicyclic) bond motifs is 4. The minimum atomic E-state index is 0.439. The Morgan fingerprint density at radius 2 is 2.25 bits per heavy atom. The van der Waals surface area contributed by atoms with E-state index >= 15 is 0 Å². The molecule has 0 aliphatic carbocycles. The number of aldehydes is 1. The van der Waals surface area contributed by atoms with Gasteiger partial charge in [0.05, 0.1) is 6.26 Å². The van der Waals surface area contributed by atoms with Gasteiger partial charge in [0.1, 0.15) is 0 Å². The predicted octanol–water partition coefficient (Wildman–Crippen LogP) is 1.41. The van der Waals surface area contributed by atoms with E-state index in [1.54, 1.807) is 6.26 Å². The summed E-state index contributed by atoms with van der Waals surface area (Å²) < 4.78 is 5.20. The number of rotatable bonds is 2. The fourth-order valence-electron chi connectivity index (χ4n) is 2.87. The first-order valence-electron chi connectivity index (χ1n) is 5.89. The maximum atomic E-state index is 10.6. The lowest BCUT2D eigenvalue weighted by Gasteiger charge is -2.27. The van der Waals surface area contributed by atoms with Crippen LogP contribution in [0.4, 0.5) is 0 Å². The lowest BCUT2D eigenvalue weighted by Crippen LogP contribution is -2.39. The van der Waals surface area contributed by atoms with E-state index in [9.17, 15) is 4.79 Å². The molecule has 86 valence electrons. The molecule has 1 aromatic heterocycles. The van der Waals surface area contributed by atoms with Gasteiger partial charge >= 0.3 is 0 Å². The van der Waals surface area contributed by atoms with Crippen LogP contribution in [0.15, 0.2) is 16.7 Å². The van der Waals surface area contributed by atoms with Crippen molar-refractivity contribution in [2.45, 2.75) is 18.8 Å². The molecule has 3 saturated heterocycles. The van der Waals surface area contributed by atoms with E-state index in [1.165, 1.54) is 18.4 Å². The van der Waals surface area contributed by atoms with Gasteiger partial charge in [0.25, 0.3) is 0 Å².